The number of nitrogens with one attached hydrogen (secondary N) is 1. The van der Waals surface area contributed by atoms with E-state index in [-0.39, 0.29) is 17.2 Å². The zero-order valence-corrected chi connectivity index (χ0v) is 13.6. The summed E-state index contributed by atoms with van der Waals surface area (Å²) in [4.78, 5) is 23.5. The molecule has 0 bridgehead atoms. The van der Waals surface area contributed by atoms with Crippen LogP contribution in [0.15, 0.2) is 35.9 Å². The predicted molar refractivity (Wildman–Crippen MR) is 87.0 cm³/mol. The molecule has 1 aromatic carbocycles. The Morgan fingerprint density at radius 3 is 2.59 bits per heavy atom. The summed E-state index contributed by atoms with van der Waals surface area (Å²) in [5.41, 5.74) is 7.85. The number of primary amides is 1. The van der Waals surface area contributed by atoms with E-state index in [1.807, 2.05) is 6.07 Å². The highest BCUT2D eigenvalue weighted by molar-refractivity contribution is 5.92. The van der Waals surface area contributed by atoms with Gasteiger partial charge in [0.2, 0.25) is 11.8 Å². The van der Waals surface area contributed by atoms with Crippen LogP contribution in [0.25, 0.3) is 0 Å². The first kappa shape index (κ1) is 16.3. The lowest BCUT2D eigenvalue weighted by Gasteiger charge is -2.07. The summed E-state index contributed by atoms with van der Waals surface area (Å²) in [5, 5.41) is 2.97. The quantitative estimate of drug-likeness (QED) is 0.821. The first-order valence-corrected chi connectivity index (χ1v) is 7.55. The third-order valence-corrected chi connectivity index (χ3v) is 4.38. The first-order valence-electron chi connectivity index (χ1n) is 7.55. The second-order valence-electron chi connectivity index (χ2n) is 6.85. The van der Waals surface area contributed by atoms with Crippen molar-refractivity contribution < 1.29 is 9.59 Å². The fourth-order valence-corrected chi connectivity index (χ4v) is 2.98. The molecule has 0 radical (unpaired) electrons. The van der Waals surface area contributed by atoms with Gasteiger partial charge in [-0.25, -0.2) is 0 Å². The number of nitrogens with two attached hydrogens (primary N) is 1. The van der Waals surface area contributed by atoms with Crippen LogP contribution in [0.5, 0.6) is 0 Å². The van der Waals surface area contributed by atoms with Crippen LogP contribution in [-0.2, 0) is 11.3 Å². The Bertz CT molecular complexity index is 628. The summed E-state index contributed by atoms with van der Waals surface area (Å²) < 4.78 is 0. The standard InChI is InChI=1S/C18H24N2O2/c1-11(2)8-14-15(18(14,3)4)17(22)20-10-12-6-5-7-13(9-12)16(19)21/h5-9,14-15H,10H2,1-4H3,(H2,19,21)(H,20,22)/t14-,15+/m1/s1. The van der Waals surface area contributed by atoms with Crippen molar-refractivity contribution in [3.63, 3.8) is 0 Å². The zero-order chi connectivity index (χ0) is 16.5. The van der Waals surface area contributed by atoms with Crippen LogP contribution in [0.4, 0.5) is 0 Å². The Kier molecular flexibility index (Phi) is 4.40. The van der Waals surface area contributed by atoms with Crippen LogP contribution in [0.2, 0.25) is 0 Å². The highest BCUT2D eigenvalue weighted by atomic mass is 16.2. The Morgan fingerprint density at radius 1 is 1.32 bits per heavy atom. The molecule has 118 valence electrons. The molecular weight excluding hydrogens is 276 g/mol. The summed E-state index contributed by atoms with van der Waals surface area (Å²) in [6, 6.07) is 7.03. The summed E-state index contributed by atoms with van der Waals surface area (Å²) >= 11 is 0. The van der Waals surface area contributed by atoms with Gasteiger partial charge in [0.15, 0.2) is 0 Å². The molecule has 22 heavy (non-hydrogen) atoms. The van der Waals surface area contributed by atoms with Crippen molar-refractivity contribution in [2.24, 2.45) is 23.0 Å². The van der Waals surface area contributed by atoms with E-state index in [1.165, 1.54) is 5.57 Å². The van der Waals surface area contributed by atoms with E-state index in [0.717, 1.165) is 5.56 Å². The smallest absolute Gasteiger partial charge is 0.248 e. The lowest BCUT2D eigenvalue weighted by Crippen LogP contribution is -2.26. The Hall–Kier alpha value is -2.10. The molecule has 2 rings (SSSR count). The minimum absolute atomic E-state index is 0.0103. The first-order chi connectivity index (χ1) is 10.2. The van der Waals surface area contributed by atoms with E-state index in [4.69, 9.17) is 5.73 Å². The third kappa shape index (κ3) is 3.38. The van der Waals surface area contributed by atoms with Crippen LogP contribution in [0, 0.1) is 17.3 Å². The lowest BCUT2D eigenvalue weighted by molar-refractivity contribution is -0.123. The molecule has 1 aromatic rings. The number of carbonyl (C=O) groups excluding carboxylic acids is 2. The molecule has 2 amide bonds. The number of amides is 2. The maximum absolute atomic E-state index is 12.4. The topological polar surface area (TPSA) is 72.2 Å². The number of allylic oxidation sites excluding steroid dienone is 2. The largest absolute Gasteiger partial charge is 0.366 e. The molecule has 2 atom stereocenters. The summed E-state index contributed by atoms with van der Waals surface area (Å²) in [6.07, 6.45) is 2.18. The molecule has 0 heterocycles. The highest BCUT2D eigenvalue weighted by Gasteiger charge is 2.60. The molecule has 1 saturated carbocycles. The molecular formula is C18H24N2O2. The van der Waals surface area contributed by atoms with E-state index in [1.54, 1.807) is 18.2 Å². The molecule has 4 heteroatoms. The van der Waals surface area contributed by atoms with E-state index < -0.39 is 5.91 Å². The van der Waals surface area contributed by atoms with Crippen molar-refractivity contribution in [3.05, 3.63) is 47.0 Å². The number of rotatable bonds is 5. The van der Waals surface area contributed by atoms with Gasteiger partial charge in [0.25, 0.3) is 0 Å². The van der Waals surface area contributed by atoms with E-state index in [2.05, 4.69) is 39.1 Å². The number of benzene rings is 1. The van der Waals surface area contributed by atoms with Crippen LogP contribution in [-0.4, -0.2) is 11.8 Å². The Labute approximate surface area is 131 Å². The minimum atomic E-state index is -0.458. The van der Waals surface area contributed by atoms with Gasteiger partial charge in [-0.2, -0.15) is 0 Å². The molecule has 1 aliphatic rings. The molecule has 0 aromatic heterocycles. The van der Waals surface area contributed by atoms with Crippen LogP contribution in [0.1, 0.15) is 43.6 Å². The predicted octanol–water partition coefficient (Wildman–Crippen LogP) is 2.64. The van der Waals surface area contributed by atoms with Gasteiger partial charge in [-0.3, -0.25) is 9.59 Å². The summed E-state index contributed by atoms with van der Waals surface area (Å²) in [5.74, 6) is -0.0757. The van der Waals surface area contributed by atoms with Gasteiger partial charge in [-0.05, 0) is 42.9 Å². The molecule has 1 fully saturated rings. The van der Waals surface area contributed by atoms with Gasteiger partial charge in [0, 0.05) is 12.1 Å². The van der Waals surface area contributed by atoms with Gasteiger partial charge in [0.05, 0.1) is 5.92 Å². The van der Waals surface area contributed by atoms with Gasteiger partial charge in [-0.15, -0.1) is 0 Å². The second kappa shape index (κ2) is 5.95. The van der Waals surface area contributed by atoms with E-state index >= 15 is 0 Å². The van der Waals surface area contributed by atoms with Gasteiger partial charge < -0.3 is 11.1 Å². The van der Waals surface area contributed by atoms with E-state index in [0.29, 0.717) is 18.0 Å². The molecule has 0 aliphatic heterocycles. The Balaban J connectivity index is 1.98. The highest BCUT2D eigenvalue weighted by Crippen LogP contribution is 2.59. The molecule has 4 nitrogen and oxygen atoms in total. The average Bonchev–Trinajstić information content (AvgIpc) is 2.96. The average molecular weight is 300 g/mol. The van der Waals surface area contributed by atoms with Crippen LogP contribution in [0.3, 0.4) is 0 Å². The normalized spacial score (nSPS) is 21.8. The van der Waals surface area contributed by atoms with Crippen molar-refractivity contribution in [1.82, 2.24) is 5.32 Å². The SMILES string of the molecule is CC(C)=C[C@@H]1[C@@H](C(=O)NCc2cccc(C(N)=O)c2)C1(C)C. The van der Waals surface area contributed by atoms with Crippen molar-refractivity contribution in [3.8, 4) is 0 Å². The molecule has 0 unspecified atom stereocenters. The fourth-order valence-electron chi connectivity index (χ4n) is 2.98. The maximum atomic E-state index is 12.4. The lowest BCUT2D eigenvalue weighted by atomic mass is 10.1. The second-order valence-corrected chi connectivity index (χ2v) is 6.85. The number of hydrogen-bond donors (Lipinski definition) is 2. The van der Waals surface area contributed by atoms with Gasteiger partial charge in [-0.1, -0.05) is 37.6 Å². The van der Waals surface area contributed by atoms with Crippen LogP contribution >= 0.6 is 0 Å². The van der Waals surface area contributed by atoms with Gasteiger partial charge >= 0.3 is 0 Å². The van der Waals surface area contributed by atoms with Crippen LogP contribution < -0.4 is 11.1 Å². The van der Waals surface area contributed by atoms with Crippen molar-refractivity contribution in [2.75, 3.05) is 0 Å². The minimum Gasteiger partial charge on any atom is -0.366 e. The van der Waals surface area contributed by atoms with Crippen molar-refractivity contribution in [1.29, 1.82) is 0 Å². The summed E-state index contributed by atoms with van der Waals surface area (Å²) in [6.45, 7) is 8.76. The monoisotopic (exact) mass is 300 g/mol. The molecule has 3 N–H and O–H groups in total. The molecule has 0 spiro atoms. The zero-order valence-electron chi connectivity index (χ0n) is 13.6. The number of hydrogen-bond acceptors (Lipinski definition) is 2. The Morgan fingerprint density at radius 2 is 2.00 bits per heavy atom. The summed E-state index contributed by atoms with van der Waals surface area (Å²) in [7, 11) is 0. The fraction of sp³-hybridized carbons (Fsp3) is 0.444. The third-order valence-electron chi connectivity index (χ3n) is 4.38. The van der Waals surface area contributed by atoms with E-state index in [9.17, 15) is 9.59 Å². The van der Waals surface area contributed by atoms with Gasteiger partial charge in [0.1, 0.15) is 0 Å². The molecule has 0 saturated heterocycles. The maximum Gasteiger partial charge on any atom is 0.248 e. The molecule has 1 aliphatic carbocycles. The number of carbonyl (C=O) groups is 2. The van der Waals surface area contributed by atoms with Crippen molar-refractivity contribution >= 4 is 11.8 Å². The van der Waals surface area contributed by atoms with Crippen molar-refractivity contribution in [2.45, 2.75) is 34.2 Å².